The van der Waals surface area contributed by atoms with Crippen LogP contribution < -0.4 is 0 Å². The molecule has 4 nitrogen and oxygen atoms in total. The van der Waals surface area contributed by atoms with E-state index in [-0.39, 0.29) is 5.69 Å². The molecule has 21 heavy (non-hydrogen) atoms. The van der Waals surface area contributed by atoms with Gasteiger partial charge in [-0.3, -0.25) is 0 Å². The van der Waals surface area contributed by atoms with Crippen LogP contribution in [0, 0.1) is 13.8 Å². The molecular weight excluding hydrogens is 281 g/mol. The lowest BCUT2D eigenvalue weighted by molar-refractivity contribution is -0.145. The first-order chi connectivity index (χ1) is 9.88. The number of aryl methyl sites for hydroxylation is 1. The summed E-state index contributed by atoms with van der Waals surface area (Å²) in [6, 6.07) is 7.05. The topological polar surface area (TPSA) is 43.1 Å². The van der Waals surface area contributed by atoms with Gasteiger partial charge >= 0.3 is 6.18 Å². The number of alkyl halides is 3. The molecule has 7 heteroatoms. The molecule has 3 heterocycles. The van der Waals surface area contributed by atoms with Gasteiger partial charge in [0.2, 0.25) is 5.82 Å². The van der Waals surface area contributed by atoms with Gasteiger partial charge < -0.3 is 0 Å². The molecule has 0 aliphatic rings. The van der Waals surface area contributed by atoms with Crippen LogP contribution in [-0.2, 0) is 6.18 Å². The lowest BCUT2D eigenvalue weighted by atomic mass is 10.1. The van der Waals surface area contributed by atoms with E-state index in [0.29, 0.717) is 17.0 Å². The maximum Gasteiger partial charge on any atom is 0.451 e. The molecule has 108 valence electrons. The molecule has 0 saturated heterocycles. The Morgan fingerprint density at radius 2 is 1.81 bits per heavy atom. The molecule has 3 aromatic heterocycles. The van der Waals surface area contributed by atoms with E-state index in [1.807, 2.05) is 6.07 Å². The number of pyridine rings is 1. The highest BCUT2D eigenvalue weighted by atomic mass is 19.4. The third-order valence-corrected chi connectivity index (χ3v) is 3.31. The molecule has 0 saturated carbocycles. The van der Waals surface area contributed by atoms with Crippen LogP contribution in [0.15, 0.2) is 30.5 Å². The van der Waals surface area contributed by atoms with Gasteiger partial charge in [0.25, 0.3) is 0 Å². The standard InChI is InChI=1S/C14H11F3N4/c1-8-9(2)19-13(14(15,16)17)20-12(8)11-5-3-4-10-6-7-18-21(10)11/h3-7H,1-2H3. The van der Waals surface area contributed by atoms with Gasteiger partial charge in [0.05, 0.1) is 23.1 Å². The quantitative estimate of drug-likeness (QED) is 0.690. The van der Waals surface area contributed by atoms with Crippen molar-refractivity contribution in [1.82, 2.24) is 19.6 Å². The lowest BCUT2D eigenvalue weighted by Crippen LogP contribution is -2.14. The Labute approximate surface area is 118 Å². The summed E-state index contributed by atoms with van der Waals surface area (Å²) >= 11 is 0. The van der Waals surface area contributed by atoms with Gasteiger partial charge in [-0.15, -0.1) is 0 Å². The van der Waals surface area contributed by atoms with E-state index in [0.717, 1.165) is 5.52 Å². The molecule has 3 aromatic rings. The number of hydrogen-bond acceptors (Lipinski definition) is 3. The van der Waals surface area contributed by atoms with Crippen LogP contribution in [0.2, 0.25) is 0 Å². The monoisotopic (exact) mass is 292 g/mol. The fourth-order valence-corrected chi connectivity index (χ4v) is 2.13. The summed E-state index contributed by atoms with van der Waals surface area (Å²) < 4.78 is 40.3. The van der Waals surface area contributed by atoms with Crippen LogP contribution in [0.25, 0.3) is 16.9 Å². The van der Waals surface area contributed by atoms with E-state index in [9.17, 15) is 13.2 Å². The van der Waals surface area contributed by atoms with Gasteiger partial charge in [0.15, 0.2) is 0 Å². The first-order valence-corrected chi connectivity index (χ1v) is 6.23. The molecule has 0 aliphatic carbocycles. The van der Waals surface area contributed by atoms with E-state index in [1.54, 1.807) is 42.8 Å². The number of rotatable bonds is 1. The fourth-order valence-electron chi connectivity index (χ4n) is 2.13. The first-order valence-electron chi connectivity index (χ1n) is 6.23. The molecule has 0 amide bonds. The van der Waals surface area contributed by atoms with Gasteiger partial charge in [-0.25, -0.2) is 14.5 Å². The van der Waals surface area contributed by atoms with Crippen molar-refractivity contribution < 1.29 is 13.2 Å². The van der Waals surface area contributed by atoms with E-state index in [1.165, 1.54) is 0 Å². The number of aromatic nitrogens is 4. The van der Waals surface area contributed by atoms with Gasteiger partial charge in [-0.1, -0.05) is 6.07 Å². The Morgan fingerprint density at radius 1 is 1.05 bits per heavy atom. The summed E-state index contributed by atoms with van der Waals surface area (Å²) in [7, 11) is 0. The maximum absolute atomic E-state index is 12.9. The molecule has 0 bridgehead atoms. The smallest absolute Gasteiger partial charge is 0.232 e. The summed E-state index contributed by atoms with van der Waals surface area (Å²) in [4.78, 5) is 7.24. The van der Waals surface area contributed by atoms with Gasteiger partial charge in [0.1, 0.15) is 0 Å². The summed E-state index contributed by atoms with van der Waals surface area (Å²) in [5.74, 6) is -1.13. The Hall–Kier alpha value is -2.44. The number of hydrogen-bond donors (Lipinski definition) is 0. The van der Waals surface area contributed by atoms with Gasteiger partial charge in [-0.05, 0) is 37.6 Å². The minimum atomic E-state index is -4.58. The Kier molecular flexibility index (Phi) is 2.93. The van der Waals surface area contributed by atoms with Crippen molar-refractivity contribution in [3.8, 4) is 11.4 Å². The third-order valence-electron chi connectivity index (χ3n) is 3.31. The lowest BCUT2D eigenvalue weighted by Gasteiger charge is -2.13. The minimum absolute atomic E-state index is 0.240. The number of fused-ring (bicyclic) bond motifs is 1. The molecule has 0 N–H and O–H groups in total. The van der Waals surface area contributed by atoms with Crippen molar-refractivity contribution in [2.45, 2.75) is 20.0 Å². The molecular formula is C14H11F3N4. The Morgan fingerprint density at radius 3 is 2.52 bits per heavy atom. The zero-order valence-corrected chi connectivity index (χ0v) is 11.3. The summed E-state index contributed by atoms with van der Waals surface area (Å²) in [6.07, 6.45) is -2.99. The van der Waals surface area contributed by atoms with Crippen LogP contribution in [0.5, 0.6) is 0 Å². The number of nitrogens with zero attached hydrogens (tertiary/aromatic N) is 4. The molecule has 0 radical (unpaired) electrons. The SMILES string of the molecule is Cc1nc(C(F)(F)F)nc(-c2cccc3ccnn23)c1C. The van der Waals surface area contributed by atoms with E-state index >= 15 is 0 Å². The Bertz CT molecular complexity index is 821. The molecule has 0 atom stereocenters. The molecule has 0 unspecified atom stereocenters. The van der Waals surface area contributed by atoms with Crippen LogP contribution >= 0.6 is 0 Å². The van der Waals surface area contributed by atoms with Crippen LogP contribution in [-0.4, -0.2) is 19.6 Å². The first kappa shape index (κ1) is 13.5. The second-order valence-electron chi connectivity index (χ2n) is 4.68. The second kappa shape index (κ2) is 4.54. The molecule has 0 spiro atoms. The predicted molar refractivity (Wildman–Crippen MR) is 70.7 cm³/mol. The molecule has 3 rings (SSSR count). The highest BCUT2D eigenvalue weighted by Crippen LogP contribution is 2.30. The predicted octanol–water partition coefficient (Wildman–Crippen LogP) is 3.43. The number of halogens is 3. The van der Waals surface area contributed by atoms with Crippen LogP contribution in [0.4, 0.5) is 13.2 Å². The van der Waals surface area contributed by atoms with Crippen molar-refractivity contribution in [2.24, 2.45) is 0 Å². The second-order valence-corrected chi connectivity index (χ2v) is 4.68. The van der Waals surface area contributed by atoms with E-state index < -0.39 is 12.0 Å². The highest BCUT2D eigenvalue weighted by Gasteiger charge is 2.36. The zero-order chi connectivity index (χ0) is 15.2. The van der Waals surface area contributed by atoms with Crippen molar-refractivity contribution in [1.29, 1.82) is 0 Å². The van der Waals surface area contributed by atoms with Gasteiger partial charge in [0, 0.05) is 5.69 Å². The molecule has 0 aliphatic heterocycles. The average molecular weight is 292 g/mol. The van der Waals surface area contributed by atoms with E-state index in [2.05, 4.69) is 15.1 Å². The van der Waals surface area contributed by atoms with Crippen LogP contribution in [0.1, 0.15) is 17.1 Å². The molecule has 0 fully saturated rings. The van der Waals surface area contributed by atoms with Gasteiger partial charge in [-0.2, -0.15) is 18.3 Å². The zero-order valence-electron chi connectivity index (χ0n) is 11.3. The molecule has 0 aromatic carbocycles. The Balaban J connectivity index is 2.32. The fraction of sp³-hybridized carbons (Fsp3) is 0.214. The highest BCUT2D eigenvalue weighted by molar-refractivity contribution is 5.64. The summed E-state index contributed by atoms with van der Waals surface area (Å²) in [6.45, 7) is 3.24. The largest absolute Gasteiger partial charge is 0.451 e. The van der Waals surface area contributed by atoms with Crippen LogP contribution in [0.3, 0.4) is 0 Å². The summed E-state index contributed by atoms with van der Waals surface area (Å²) in [5.41, 5.74) is 2.44. The average Bonchev–Trinajstić information content (AvgIpc) is 2.88. The van der Waals surface area contributed by atoms with Crippen molar-refractivity contribution in [2.75, 3.05) is 0 Å². The normalized spacial score (nSPS) is 12.0. The summed E-state index contributed by atoms with van der Waals surface area (Å²) in [5, 5.41) is 4.13. The maximum atomic E-state index is 12.9. The van der Waals surface area contributed by atoms with Crippen molar-refractivity contribution in [3.63, 3.8) is 0 Å². The third kappa shape index (κ3) is 2.24. The minimum Gasteiger partial charge on any atom is -0.232 e. The van der Waals surface area contributed by atoms with E-state index in [4.69, 9.17) is 0 Å². The van der Waals surface area contributed by atoms with Crippen molar-refractivity contribution in [3.05, 3.63) is 47.5 Å². The van der Waals surface area contributed by atoms with Crippen molar-refractivity contribution >= 4 is 5.52 Å².